The molecule has 0 aliphatic carbocycles. The van der Waals surface area contributed by atoms with Crippen molar-refractivity contribution in [1.82, 2.24) is 0 Å². The van der Waals surface area contributed by atoms with Crippen LogP contribution in [0.3, 0.4) is 0 Å². The average Bonchev–Trinajstić information content (AvgIpc) is 3.31. The van der Waals surface area contributed by atoms with Crippen molar-refractivity contribution in [3.05, 3.63) is 69.8 Å². The van der Waals surface area contributed by atoms with Gasteiger partial charge in [0.2, 0.25) is 5.91 Å². The molecule has 2 amide bonds. The number of furan rings is 1. The molecule has 3 aromatic rings. The van der Waals surface area contributed by atoms with Gasteiger partial charge in [-0.3, -0.25) is 14.4 Å². The van der Waals surface area contributed by atoms with E-state index in [2.05, 4.69) is 10.6 Å². The summed E-state index contributed by atoms with van der Waals surface area (Å²) in [6.07, 6.45) is 1.71. The minimum absolute atomic E-state index is 0.0204. The lowest BCUT2D eigenvalue weighted by atomic mass is 10.1. The first-order valence-corrected chi connectivity index (χ1v) is 9.59. The largest absolute Gasteiger partial charge is 0.459 e. The van der Waals surface area contributed by atoms with Crippen LogP contribution in [0.4, 0.5) is 11.4 Å². The second-order valence-corrected chi connectivity index (χ2v) is 7.77. The van der Waals surface area contributed by atoms with Crippen molar-refractivity contribution < 1.29 is 18.8 Å². The van der Waals surface area contributed by atoms with E-state index in [-0.39, 0.29) is 36.2 Å². The highest BCUT2D eigenvalue weighted by Crippen LogP contribution is 2.22. The van der Waals surface area contributed by atoms with Gasteiger partial charge < -0.3 is 15.1 Å². The number of thiophene rings is 1. The third-order valence-corrected chi connectivity index (χ3v) is 5.06. The van der Waals surface area contributed by atoms with Crippen molar-refractivity contribution >= 4 is 40.3 Å². The van der Waals surface area contributed by atoms with E-state index < -0.39 is 0 Å². The van der Waals surface area contributed by atoms with Crippen molar-refractivity contribution in [1.29, 1.82) is 0 Å². The first-order valence-electron chi connectivity index (χ1n) is 8.77. The predicted octanol–water partition coefficient (Wildman–Crippen LogP) is 4.81. The molecule has 1 aromatic carbocycles. The second kappa shape index (κ2) is 8.67. The molecule has 0 radical (unpaired) electrons. The Labute approximate surface area is 166 Å². The van der Waals surface area contributed by atoms with E-state index in [1.165, 1.54) is 6.26 Å². The molecule has 2 N–H and O–H groups in total. The Hall–Kier alpha value is -3.19. The number of amides is 2. The molecule has 0 saturated heterocycles. The van der Waals surface area contributed by atoms with E-state index in [0.29, 0.717) is 16.9 Å². The van der Waals surface area contributed by atoms with Crippen LogP contribution >= 0.6 is 11.3 Å². The quantitative estimate of drug-likeness (QED) is 0.561. The summed E-state index contributed by atoms with van der Waals surface area (Å²) in [5.74, 6) is -0.379. The highest BCUT2D eigenvalue weighted by atomic mass is 32.1. The summed E-state index contributed by atoms with van der Waals surface area (Å²) in [5.41, 5.74) is 1.88. The van der Waals surface area contributed by atoms with Crippen molar-refractivity contribution in [2.24, 2.45) is 0 Å². The summed E-state index contributed by atoms with van der Waals surface area (Å²) in [6.45, 7) is 3.87. The van der Waals surface area contributed by atoms with Gasteiger partial charge in [-0.15, -0.1) is 11.3 Å². The molecule has 0 aliphatic heterocycles. The van der Waals surface area contributed by atoms with Crippen LogP contribution in [-0.4, -0.2) is 17.6 Å². The third kappa shape index (κ3) is 4.95. The van der Waals surface area contributed by atoms with Gasteiger partial charge in [0.25, 0.3) is 5.91 Å². The van der Waals surface area contributed by atoms with Crippen molar-refractivity contribution in [2.45, 2.75) is 26.7 Å². The number of Topliss-reactive ketones (excluding diaryl/α,β-unsaturated/α-hetero) is 1. The Kier molecular flexibility index (Phi) is 6.06. The molecular formula is C21H20N2O4S. The zero-order chi connectivity index (χ0) is 20.1. The van der Waals surface area contributed by atoms with E-state index in [1.807, 2.05) is 19.9 Å². The highest BCUT2D eigenvalue weighted by molar-refractivity contribution is 7.12. The number of benzene rings is 1. The maximum absolute atomic E-state index is 12.3. The Morgan fingerprint density at radius 2 is 1.64 bits per heavy atom. The first-order chi connectivity index (χ1) is 13.4. The molecule has 0 fully saturated rings. The van der Waals surface area contributed by atoms with E-state index >= 15 is 0 Å². The van der Waals surface area contributed by atoms with Crippen LogP contribution in [0.5, 0.6) is 0 Å². The van der Waals surface area contributed by atoms with Crippen molar-refractivity contribution in [2.75, 3.05) is 10.6 Å². The Morgan fingerprint density at radius 1 is 0.964 bits per heavy atom. The van der Waals surface area contributed by atoms with Gasteiger partial charge in [-0.2, -0.15) is 0 Å². The molecule has 3 rings (SSSR count). The molecule has 144 valence electrons. The maximum atomic E-state index is 12.3. The van der Waals surface area contributed by atoms with Crippen LogP contribution in [0.1, 0.15) is 43.5 Å². The summed E-state index contributed by atoms with van der Waals surface area (Å²) in [4.78, 5) is 38.4. The number of aryl methyl sites for hydroxylation is 2. The van der Waals surface area contributed by atoms with Gasteiger partial charge in [0.05, 0.1) is 6.26 Å². The van der Waals surface area contributed by atoms with Gasteiger partial charge in [0.15, 0.2) is 11.5 Å². The lowest BCUT2D eigenvalue weighted by molar-refractivity contribution is -0.116. The van der Waals surface area contributed by atoms with Gasteiger partial charge in [0, 0.05) is 39.5 Å². The standard InChI is InChI=1S/C21H20N2O4S/c1-13-12-17(14(2)28-13)18(24)9-10-20(25)22-15-5-7-16(8-6-15)23-21(26)19-4-3-11-27-19/h3-8,11-12H,9-10H2,1-2H3,(H,22,25)(H,23,26). The molecular weight excluding hydrogens is 376 g/mol. The molecule has 0 atom stereocenters. The number of anilines is 2. The zero-order valence-corrected chi connectivity index (χ0v) is 16.4. The normalized spacial score (nSPS) is 10.5. The fourth-order valence-corrected chi connectivity index (χ4v) is 3.67. The Bertz CT molecular complexity index is 988. The minimum atomic E-state index is -0.348. The first kappa shape index (κ1) is 19.6. The molecule has 6 nitrogen and oxygen atoms in total. The smallest absolute Gasteiger partial charge is 0.291 e. The summed E-state index contributed by atoms with van der Waals surface area (Å²) in [5, 5.41) is 5.46. The molecule has 2 heterocycles. The van der Waals surface area contributed by atoms with Crippen LogP contribution in [0.2, 0.25) is 0 Å². The fourth-order valence-electron chi connectivity index (χ4n) is 2.73. The summed E-state index contributed by atoms with van der Waals surface area (Å²) < 4.78 is 5.03. The Morgan fingerprint density at radius 3 is 2.21 bits per heavy atom. The van der Waals surface area contributed by atoms with Gasteiger partial charge in [-0.1, -0.05) is 0 Å². The van der Waals surface area contributed by atoms with Crippen molar-refractivity contribution in [3.8, 4) is 0 Å². The van der Waals surface area contributed by atoms with E-state index in [0.717, 1.165) is 9.75 Å². The summed E-state index contributed by atoms with van der Waals surface area (Å²) >= 11 is 1.58. The average molecular weight is 396 g/mol. The molecule has 0 aliphatic rings. The van der Waals surface area contributed by atoms with Crippen molar-refractivity contribution in [3.63, 3.8) is 0 Å². The molecule has 0 unspecified atom stereocenters. The molecule has 0 spiro atoms. The van der Waals surface area contributed by atoms with Gasteiger partial charge >= 0.3 is 0 Å². The van der Waals surface area contributed by atoms with E-state index in [4.69, 9.17) is 4.42 Å². The van der Waals surface area contributed by atoms with Gasteiger partial charge in [-0.25, -0.2) is 0 Å². The van der Waals surface area contributed by atoms with Crippen LogP contribution in [0.15, 0.2) is 53.1 Å². The number of rotatable bonds is 7. The number of hydrogen-bond acceptors (Lipinski definition) is 5. The molecule has 2 aromatic heterocycles. The SMILES string of the molecule is Cc1cc(C(=O)CCC(=O)Nc2ccc(NC(=O)c3ccco3)cc2)c(C)s1. The van der Waals surface area contributed by atoms with Crippen LogP contribution < -0.4 is 10.6 Å². The van der Waals surface area contributed by atoms with Crippen LogP contribution in [-0.2, 0) is 4.79 Å². The predicted molar refractivity (Wildman–Crippen MR) is 109 cm³/mol. The summed E-state index contributed by atoms with van der Waals surface area (Å²) in [6, 6.07) is 11.8. The summed E-state index contributed by atoms with van der Waals surface area (Å²) in [7, 11) is 0. The second-order valence-electron chi connectivity index (χ2n) is 6.31. The lowest BCUT2D eigenvalue weighted by Gasteiger charge is -2.07. The molecule has 7 heteroatoms. The number of hydrogen-bond donors (Lipinski definition) is 2. The molecule has 28 heavy (non-hydrogen) atoms. The molecule has 0 saturated carbocycles. The highest BCUT2D eigenvalue weighted by Gasteiger charge is 2.14. The minimum Gasteiger partial charge on any atom is -0.459 e. The zero-order valence-electron chi connectivity index (χ0n) is 15.6. The monoisotopic (exact) mass is 396 g/mol. The Balaban J connectivity index is 1.49. The van der Waals surface area contributed by atoms with Crippen LogP contribution in [0.25, 0.3) is 0 Å². The number of carbonyl (C=O) groups excluding carboxylic acids is 3. The van der Waals surface area contributed by atoms with E-state index in [9.17, 15) is 14.4 Å². The fraction of sp³-hybridized carbons (Fsp3) is 0.190. The topological polar surface area (TPSA) is 88.4 Å². The van der Waals surface area contributed by atoms with Gasteiger partial charge in [-0.05, 0) is 56.3 Å². The molecule has 0 bridgehead atoms. The number of nitrogens with one attached hydrogen (secondary N) is 2. The van der Waals surface area contributed by atoms with E-state index in [1.54, 1.807) is 47.7 Å². The lowest BCUT2D eigenvalue weighted by Crippen LogP contribution is -2.14. The maximum Gasteiger partial charge on any atom is 0.291 e. The van der Waals surface area contributed by atoms with Gasteiger partial charge in [0.1, 0.15) is 0 Å². The number of ketones is 1. The van der Waals surface area contributed by atoms with Crippen LogP contribution in [0, 0.1) is 13.8 Å². The number of carbonyl (C=O) groups is 3. The third-order valence-electron chi connectivity index (χ3n) is 4.09.